The number of hydrogen-bond donors (Lipinski definition) is 1. The number of hydrogen-bond acceptors (Lipinski definition) is 4. The van der Waals surface area contributed by atoms with Gasteiger partial charge >= 0.3 is 0 Å². The van der Waals surface area contributed by atoms with Gasteiger partial charge in [0.2, 0.25) is 0 Å². The molecule has 0 radical (unpaired) electrons. The van der Waals surface area contributed by atoms with Crippen LogP contribution in [0.15, 0.2) is 34.9 Å². The van der Waals surface area contributed by atoms with Gasteiger partial charge in [-0.1, -0.05) is 22.0 Å². The van der Waals surface area contributed by atoms with Gasteiger partial charge in [-0.2, -0.15) is 0 Å². The Balaban J connectivity index is 2.30. The van der Waals surface area contributed by atoms with Gasteiger partial charge in [-0.15, -0.1) is 0 Å². The van der Waals surface area contributed by atoms with E-state index >= 15 is 0 Å². The molecule has 0 saturated carbocycles. The average Bonchev–Trinajstić information content (AvgIpc) is 2.38. The Labute approximate surface area is 126 Å². The van der Waals surface area contributed by atoms with Crippen molar-refractivity contribution in [2.24, 2.45) is 0 Å². The zero-order valence-corrected chi connectivity index (χ0v) is 12.9. The van der Waals surface area contributed by atoms with Gasteiger partial charge in [-0.3, -0.25) is 9.78 Å². The van der Waals surface area contributed by atoms with Crippen LogP contribution in [0.3, 0.4) is 0 Å². The molecule has 0 aliphatic heterocycles. The highest BCUT2D eigenvalue weighted by Gasteiger charge is 2.14. The van der Waals surface area contributed by atoms with Crippen LogP contribution < -0.4 is 10.5 Å². The maximum atomic E-state index is 11.7. The van der Waals surface area contributed by atoms with E-state index in [1.165, 1.54) is 6.92 Å². The number of ether oxygens (including phenoxy) is 1. The van der Waals surface area contributed by atoms with E-state index in [-0.39, 0.29) is 12.4 Å². The molecular formula is C15H15BrN2O2. The summed E-state index contributed by atoms with van der Waals surface area (Å²) in [5.41, 5.74) is 8.69. The van der Waals surface area contributed by atoms with E-state index in [0.717, 1.165) is 15.7 Å². The van der Waals surface area contributed by atoms with Gasteiger partial charge in [0.25, 0.3) is 0 Å². The second-order valence-corrected chi connectivity index (χ2v) is 5.40. The Morgan fingerprint density at radius 2 is 2.20 bits per heavy atom. The summed E-state index contributed by atoms with van der Waals surface area (Å²) in [6.45, 7) is 3.72. The van der Waals surface area contributed by atoms with Crippen molar-refractivity contribution < 1.29 is 9.53 Å². The summed E-state index contributed by atoms with van der Waals surface area (Å²) in [5.74, 6) is 0.316. The number of aromatic nitrogens is 1. The van der Waals surface area contributed by atoms with Gasteiger partial charge in [0, 0.05) is 10.7 Å². The summed E-state index contributed by atoms with van der Waals surface area (Å²) in [5, 5.41) is 0. The molecule has 0 aliphatic rings. The molecule has 1 aromatic heterocycles. The van der Waals surface area contributed by atoms with Gasteiger partial charge in [0.1, 0.15) is 6.61 Å². The number of halogens is 1. The number of nitrogen functional groups attached to an aromatic ring is 1. The lowest BCUT2D eigenvalue weighted by Gasteiger charge is -2.13. The minimum atomic E-state index is -0.0919. The van der Waals surface area contributed by atoms with Gasteiger partial charge in [0.05, 0.1) is 16.9 Å². The second kappa shape index (κ2) is 6.05. The number of carbonyl (C=O) groups is 1. The topological polar surface area (TPSA) is 65.2 Å². The SMILES string of the molecule is CC(=O)c1cc(Br)cc(N)c1OCc1ncccc1C. The van der Waals surface area contributed by atoms with Crippen molar-refractivity contribution in [3.8, 4) is 5.75 Å². The van der Waals surface area contributed by atoms with Crippen LogP contribution in [0.2, 0.25) is 0 Å². The highest BCUT2D eigenvalue weighted by atomic mass is 79.9. The minimum absolute atomic E-state index is 0.0919. The summed E-state index contributed by atoms with van der Waals surface area (Å²) < 4.78 is 6.47. The largest absolute Gasteiger partial charge is 0.484 e. The van der Waals surface area contributed by atoms with Gasteiger partial charge in [-0.25, -0.2) is 0 Å². The Hall–Kier alpha value is -1.88. The van der Waals surface area contributed by atoms with Gasteiger partial charge in [0.15, 0.2) is 11.5 Å². The second-order valence-electron chi connectivity index (χ2n) is 4.48. The monoisotopic (exact) mass is 334 g/mol. The first kappa shape index (κ1) is 14.5. The predicted molar refractivity (Wildman–Crippen MR) is 81.9 cm³/mol. The molecule has 0 unspecified atom stereocenters. The first-order chi connectivity index (χ1) is 9.49. The smallest absolute Gasteiger partial charge is 0.163 e. The maximum absolute atomic E-state index is 11.7. The number of benzene rings is 1. The molecule has 0 atom stereocenters. The fourth-order valence-corrected chi connectivity index (χ4v) is 2.32. The van der Waals surface area contributed by atoms with E-state index in [2.05, 4.69) is 20.9 Å². The molecule has 0 amide bonds. The number of pyridine rings is 1. The van der Waals surface area contributed by atoms with Crippen molar-refractivity contribution in [3.63, 3.8) is 0 Å². The summed E-state index contributed by atoms with van der Waals surface area (Å²) in [4.78, 5) is 15.9. The average molecular weight is 335 g/mol. The fourth-order valence-electron chi connectivity index (χ4n) is 1.85. The van der Waals surface area contributed by atoms with Crippen LogP contribution in [0, 0.1) is 6.92 Å². The molecule has 2 aromatic rings. The molecule has 20 heavy (non-hydrogen) atoms. The van der Waals surface area contributed by atoms with Gasteiger partial charge in [-0.05, 0) is 37.6 Å². The molecule has 0 saturated heterocycles. The normalized spacial score (nSPS) is 10.3. The number of carbonyl (C=O) groups excluding carboxylic acids is 1. The third-order valence-electron chi connectivity index (χ3n) is 2.93. The Kier molecular flexibility index (Phi) is 4.39. The molecule has 0 spiro atoms. The molecule has 5 heteroatoms. The van der Waals surface area contributed by atoms with E-state index in [9.17, 15) is 4.79 Å². The van der Waals surface area contributed by atoms with Crippen LogP contribution >= 0.6 is 15.9 Å². The first-order valence-electron chi connectivity index (χ1n) is 6.12. The van der Waals surface area contributed by atoms with E-state index in [4.69, 9.17) is 10.5 Å². The molecule has 0 bridgehead atoms. The van der Waals surface area contributed by atoms with Crippen molar-refractivity contribution in [1.82, 2.24) is 4.98 Å². The zero-order chi connectivity index (χ0) is 14.7. The van der Waals surface area contributed by atoms with Crippen LogP contribution in [0.25, 0.3) is 0 Å². The standard InChI is InChI=1S/C15H15BrN2O2/c1-9-4-3-5-18-14(9)8-20-15-12(10(2)19)6-11(16)7-13(15)17/h3-7H,8,17H2,1-2H3. The number of aryl methyl sites for hydroxylation is 1. The minimum Gasteiger partial charge on any atom is -0.484 e. The van der Waals surface area contributed by atoms with Crippen molar-refractivity contribution in [2.45, 2.75) is 20.5 Å². The third kappa shape index (κ3) is 3.17. The van der Waals surface area contributed by atoms with Crippen molar-refractivity contribution in [2.75, 3.05) is 5.73 Å². The predicted octanol–water partition coefficient (Wildman–Crippen LogP) is 3.52. The number of ketones is 1. The Morgan fingerprint density at radius 1 is 1.45 bits per heavy atom. The van der Waals surface area contributed by atoms with Crippen molar-refractivity contribution in [1.29, 1.82) is 0 Å². The highest BCUT2D eigenvalue weighted by molar-refractivity contribution is 9.10. The molecule has 0 fully saturated rings. The molecule has 4 nitrogen and oxygen atoms in total. The van der Waals surface area contributed by atoms with Crippen LogP contribution in [-0.2, 0) is 6.61 Å². The van der Waals surface area contributed by atoms with E-state index in [1.54, 1.807) is 18.3 Å². The lowest BCUT2D eigenvalue weighted by molar-refractivity contribution is 0.101. The molecule has 104 valence electrons. The summed E-state index contributed by atoms with van der Waals surface area (Å²) in [6, 6.07) is 7.25. The van der Waals surface area contributed by atoms with Crippen molar-refractivity contribution in [3.05, 3.63) is 51.8 Å². The molecule has 0 aliphatic carbocycles. The lowest BCUT2D eigenvalue weighted by Crippen LogP contribution is -2.07. The quantitative estimate of drug-likeness (QED) is 0.686. The summed E-state index contributed by atoms with van der Waals surface area (Å²) >= 11 is 3.32. The summed E-state index contributed by atoms with van der Waals surface area (Å²) in [6.07, 6.45) is 1.71. The first-order valence-corrected chi connectivity index (χ1v) is 6.91. The molecule has 2 rings (SSSR count). The number of Topliss-reactive ketones (excluding diaryl/α,β-unsaturated/α-hetero) is 1. The van der Waals surface area contributed by atoms with Crippen molar-refractivity contribution >= 4 is 27.4 Å². The lowest BCUT2D eigenvalue weighted by atomic mass is 10.1. The number of nitrogens with zero attached hydrogens (tertiary/aromatic N) is 1. The van der Waals surface area contributed by atoms with Crippen LogP contribution in [0.4, 0.5) is 5.69 Å². The molecule has 1 aromatic carbocycles. The Morgan fingerprint density at radius 3 is 2.85 bits per heavy atom. The summed E-state index contributed by atoms with van der Waals surface area (Å²) in [7, 11) is 0. The zero-order valence-electron chi connectivity index (χ0n) is 11.3. The highest BCUT2D eigenvalue weighted by Crippen LogP contribution is 2.31. The molecule has 2 N–H and O–H groups in total. The molecule has 1 heterocycles. The molecular weight excluding hydrogens is 320 g/mol. The van der Waals surface area contributed by atoms with E-state index in [1.807, 2.05) is 19.1 Å². The fraction of sp³-hybridized carbons (Fsp3) is 0.200. The van der Waals surface area contributed by atoms with Gasteiger partial charge < -0.3 is 10.5 Å². The van der Waals surface area contributed by atoms with E-state index in [0.29, 0.717) is 17.0 Å². The van der Waals surface area contributed by atoms with E-state index < -0.39 is 0 Å². The van der Waals surface area contributed by atoms with Crippen LogP contribution in [-0.4, -0.2) is 10.8 Å². The Bertz CT molecular complexity index is 656. The van der Waals surface area contributed by atoms with Crippen LogP contribution in [0.5, 0.6) is 5.75 Å². The number of nitrogens with two attached hydrogens (primary N) is 1. The maximum Gasteiger partial charge on any atom is 0.163 e. The van der Waals surface area contributed by atoms with Crippen LogP contribution in [0.1, 0.15) is 28.5 Å². The third-order valence-corrected chi connectivity index (χ3v) is 3.39. The number of rotatable bonds is 4. The number of anilines is 1.